The first-order chi connectivity index (χ1) is 11.9. The van der Waals surface area contributed by atoms with Crippen LogP contribution in [0, 0.1) is 0 Å². The molecule has 0 unspecified atom stereocenters. The predicted octanol–water partition coefficient (Wildman–Crippen LogP) is 4.16. The molecule has 0 bridgehead atoms. The number of nitrogens with zero attached hydrogens (tertiary/aromatic N) is 1. The van der Waals surface area contributed by atoms with Crippen LogP contribution in [0.4, 0.5) is 17.6 Å². The Bertz CT molecular complexity index is 707. The van der Waals surface area contributed by atoms with Crippen LogP contribution in [0.15, 0.2) is 48.5 Å². The minimum atomic E-state index is -3.04. The minimum Gasteiger partial charge on any atom is -0.435 e. The summed E-state index contributed by atoms with van der Waals surface area (Å²) in [5.74, 6) is -0.720. The van der Waals surface area contributed by atoms with Crippen molar-refractivity contribution in [1.29, 1.82) is 0 Å². The fourth-order valence-electron chi connectivity index (χ4n) is 2.17. The smallest absolute Gasteiger partial charge is 0.387 e. The van der Waals surface area contributed by atoms with Crippen molar-refractivity contribution in [3.05, 3.63) is 59.7 Å². The van der Waals surface area contributed by atoms with Gasteiger partial charge in [0.15, 0.2) is 0 Å². The Balaban J connectivity index is 2.08. The molecule has 0 saturated carbocycles. The molecule has 2 aromatic rings. The van der Waals surface area contributed by atoms with Crippen molar-refractivity contribution in [3.63, 3.8) is 0 Å². The zero-order chi connectivity index (χ0) is 18.4. The van der Waals surface area contributed by atoms with E-state index < -0.39 is 19.1 Å². The first-order valence-electron chi connectivity index (χ1n) is 7.20. The second-order valence-electron chi connectivity index (χ2n) is 5.06. The van der Waals surface area contributed by atoms with Crippen LogP contribution in [0.5, 0.6) is 11.5 Å². The lowest BCUT2D eigenvalue weighted by Gasteiger charge is -2.19. The Morgan fingerprint density at radius 3 is 2.16 bits per heavy atom. The summed E-state index contributed by atoms with van der Waals surface area (Å²) in [6.45, 7) is -5.81. The van der Waals surface area contributed by atoms with E-state index >= 15 is 0 Å². The maximum atomic E-state index is 12.4. The summed E-state index contributed by atoms with van der Waals surface area (Å²) < 4.78 is 57.7. The number of benzene rings is 2. The van der Waals surface area contributed by atoms with Gasteiger partial charge in [-0.15, -0.1) is 0 Å². The summed E-state index contributed by atoms with van der Waals surface area (Å²) in [4.78, 5) is 13.7. The molecule has 134 valence electrons. The van der Waals surface area contributed by atoms with Gasteiger partial charge in [-0.1, -0.05) is 24.3 Å². The van der Waals surface area contributed by atoms with Gasteiger partial charge >= 0.3 is 13.2 Å². The number of hydrogen-bond donors (Lipinski definition) is 0. The van der Waals surface area contributed by atoms with Crippen molar-refractivity contribution < 1.29 is 31.8 Å². The molecular formula is C17H15F4NO3. The highest BCUT2D eigenvalue weighted by molar-refractivity contribution is 5.96. The lowest BCUT2D eigenvalue weighted by Crippen LogP contribution is -2.27. The summed E-state index contributed by atoms with van der Waals surface area (Å²) in [6, 6.07) is 11.5. The highest BCUT2D eigenvalue weighted by atomic mass is 19.3. The topological polar surface area (TPSA) is 38.8 Å². The Morgan fingerprint density at radius 2 is 1.56 bits per heavy atom. The van der Waals surface area contributed by atoms with Crippen molar-refractivity contribution in [1.82, 2.24) is 4.90 Å². The Labute approximate surface area is 141 Å². The normalized spacial score (nSPS) is 10.8. The molecule has 0 radical (unpaired) electrons. The van der Waals surface area contributed by atoms with Crippen molar-refractivity contribution in [3.8, 4) is 11.5 Å². The summed E-state index contributed by atoms with van der Waals surface area (Å²) in [5, 5.41) is 0. The molecule has 0 aliphatic rings. The van der Waals surface area contributed by atoms with E-state index in [9.17, 15) is 22.4 Å². The number of amides is 1. The van der Waals surface area contributed by atoms with Gasteiger partial charge in [-0.05, 0) is 29.8 Å². The number of ether oxygens (including phenoxy) is 2. The lowest BCUT2D eigenvalue weighted by atomic mass is 10.1. The molecule has 0 saturated heterocycles. The monoisotopic (exact) mass is 357 g/mol. The molecule has 25 heavy (non-hydrogen) atoms. The standard InChI is InChI=1S/C17H15F4NO3/c1-22(10-11-6-8-12(9-7-11)24-16(18)19)15(23)13-4-2-3-5-14(13)25-17(20)21/h2-9,16-17H,10H2,1H3. The van der Waals surface area contributed by atoms with Crippen molar-refractivity contribution >= 4 is 5.91 Å². The summed E-state index contributed by atoms with van der Waals surface area (Å²) in [6.07, 6.45) is 0. The van der Waals surface area contributed by atoms with Crippen LogP contribution in [0.1, 0.15) is 15.9 Å². The predicted molar refractivity (Wildman–Crippen MR) is 81.9 cm³/mol. The fourth-order valence-corrected chi connectivity index (χ4v) is 2.17. The molecule has 0 fully saturated rings. The molecule has 0 atom stereocenters. The van der Waals surface area contributed by atoms with Crippen molar-refractivity contribution in [2.75, 3.05) is 7.05 Å². The first-order valence-corrected chi connectivity index (χ1v) is 7.20. The third-order valence-electron chi connectivity index (χ3n) is 3.25. The van der Waals surface area contributed by atoms with Crippen LogP contribution < -0.4 is 9.47 Å². The van der Waals surface area contributed by atoms with Crippen molar-refractivity contribution in [2.45, 2.75) is 19.8 Å². The van der Waals surface area contributed by atoms with Crippen molar-refractivity contribution in [2.24, 2.45) is 0 Å². The van der Waals surface area contributed by atoms with Gasteiger partial charge in [0.05, 0.1) is 5.56 Å². The molecule has 0 aliphatic heterocycles. The van der Waals surface area contributed by atoms with E-state index in [0.29, 0.717) is 5.56 Å². The highest BCUT2D eigenvalue weighted by Crippen LogP contribution is 2.22. The van der Waals surface area contributed by atoms with E-state index in [1.165, 1.54) is 60.5 Å². The molecule has 0 aliphatic carbocycles. The average Bonchev–Trinajstić information content (AvgIpc) is 2.55. The number of carbonyl (C=O) groups excluding carboxylic acids is 1. The number of alkyl halides is 4. The van der Waals surface area contributed by atoms with Crippen LogP contribution in [0.2, 0.25) is 0 Å². The van der Waals surface area contributed by atoms with Gasteiger partial charge in [-0.25, -0.2) is 0 Å². The van der Waals surface area contributed by atoms with Gasteiger partial charge in [0.25, 0.3) is 5.91 Å². The third-order valence-corrected chi connectivity index (χ3v) is 3.25. The Hall–Kier alpha value is -2.77. The van der Waals surface area contributed by atoms with Gasteiger partial charge in [0.1, 0.15) is 11.5 Å². The summed E-state index contributed by atoms with van der Waals surface area (Å²) in [7, 11) is 1.49. The van der Waals surface area contributed by atoms with E-state index in [4.69, 9.17) is 0 Å². The molecule has 2 rings (SSSR count). The number of carbonyl (C=O) groups is 1. The van der Waals surface area contributed by atoms with E-state index in [-0.39, 0.29) is 23.6 Å². The SMILES string of the molecule is CN(Cc1ccc(OC(F)F)cc1)C(=O)c1ccccc1OC(F)F. The van der Waals surface area contributed by atoms with Gasteiger partial charge in [-0.2, -0.15) is 17.6 Å². The van der Waals surface area contributed by atoms with Gasteiger partial charge < -0.3 is 14.4 Å². The molecule has 2 aromatic carbocycles. The molecule has 0 spiro atoms. The number of para-hydroxylation sites is 1. The van der Waals surface area contributed by atoms with Crippen LogP contribution in [-0.4, -0.2) is 31.1 Å². The van der Waals surface area contributed by atoms with Gasteiger partial charge in [-0.3, -0.25) is 4.79 Å². The van der Waals surface area contributed by atoms with E-state index in [0.717, 1.165) is 0 Å². The number of halogens is 4. The van der Waals surface area contributed by atoms with E-state index in [1.54, 1.807) is 0 Å². The molecule has 1 amide bonds. The largest absolute Gasteiger partial charge is 0.435 e. The Kier molecular flexibility index (Phi) is 6.21. The maximum absolute atomic E-state index is 12.4. The average molecular weight is 357 g/mol. The van der Waals surface area contributed by atoms with Crippen LogP contribution in [0.3, 0.4) is 0 Å². The molecule has 0 aromatic heterocycles. The quantitative estimate of drug-likeness (QED) is 0.699. The van der Waals surface area contributed by atoms with E-state index in [2.05, 4.69) is 9.47 Å². The molecule has 0 heterocycles. The minimum absolute atomic E-state index is 0.00274. The maximum Gasteiger partial charge on any atom is 0.387 e. The molecule has 8 heteroatoms. The zero-order valence-electron chi connectivity index (χ0n) is 13.2. The molecule has 0 N–H and O–H groups in total. The highest BCUT2D eigenvalue weighted by Gasteiger charge is 2.18. The second-order valence-corrected chi connectivity index (χ2v) is 5.06. The van der Waals surface area contributed by atoms with Crippen LogP contribution in [-0.2, 0) is 6.54 Å². The fraction of sp³-hybridized carbons (Fsp3) is 0.235. The zero-order valence-corrected chi connectivity index (χ0v) is 13.2. The van der Waals surface area contributed by atoms with Gasteiger partial charge in [0, 0.05) is 13.6 Å². The van der Waals surface area contributed by atoms with E-state index in [1.807, 2.05) is 0 Å². The lowest BCUT2D eigenvalue weighted by molar-refractivity contribution is -0.0507. The van der Waals surface area contributed by atoms with Gasteiger partial charge in [0.2, 0.25) is 0 Å². The Morgan fingerprint density at radius 1 is 0.960 bits per heavy atom. The number of rotatable bonds is 7. The van der Waals surface area contributed by atoms with Crippen LogP contribution >= 0.6 is 0 Å². The number of hydrogen-bond acceptors (Lipinski definition) is 3. The summed E-state index contributed by atoms with van der Waals surface area (Å²) >= 11 is 0. The summed E-state index contributed by atoms with van der Waals surface area (Å²) in [5.41, 5.74) is 0.660. The third kappa shape index (κ3) is 5.37. The first kappa shape index (κ1) is 18.6. The second kappa shape index (κ2) is 8.36. The van der Waals surface area contributed by atoms with Crippen LogP contribution in [0.25, 0.3) is 0 Å². The molecule has 4 nitrogen and oxygen atoms in total. The molecular weight excluding hydrogens is 342 g/mol.